The highest BCUT2D eigenvalue weighted by atomic mass is 32.1. The summed E-state index contributed by atoms with van der Waals surface area (Å²) < 4.78 is 0. The summed E-state index contributed by atoms with van der Waals surface area (Å²) in [5, 5.41) is 11.4. The number of aromatic nitrogens is 1. The molecule has 5 nitrogen and oxygen atoms in total. The van der Waals surface area contributed by atoms with Gasteiger partial charge in [-0.1, -0.05) is 0 Å². The third kappa shape index (κ3) is 1.63. The quantitative estimate of drug-likeness (QED) is 0.815. The van der Waals surface area contributed by atoms with Crippen LogP contribution in [0.2, 0.25) is 0 Å². The standard InChI is InChI=1S/C10H13N3O2S/c14-10(15)7-6-16-9(11-7)8-5-12-1-3-13(8)4-2-12/h6,8H,1-5H2,(H,14,15). The summed E-state index contributed by atoms with van der Waals surface area (Å²) in [7, 11) is 0. The number of aromatic carboxylic acids is 1. The number of nitrogens with zero attached hydrogens (tertiary/aromatic N) is 3. The average molecular weight is 239 g/mol. The summed E-state index contributed by atoms with van der Waals surface area (Å²) in [4.78, 5) is 19.8. The fourth-order valence-electron chi connectivity index (χ4n) is 2.39. The Kier molecular flexibility index (Phi) is 2.42. The lowest BCUT2D eigenvalue weighted by atomic mass is 10.1. The molecule has 6 heteroatoms. The summed E-state index contributed by atoms with van der Waals surface area (Å²) >= 11 is 1.46. The fourth-order valence-corrected chi connectivity index (χ4v) is 3.31. The molecule has 2 bridgehead atoms. The van der Waals surface area contributed by atoms with Gasteiger partial charge in [-0.05, 0) is 0 Å². The van der Waals surface area contributed by atoms with Gasteiger partial charge in [-0.2, -0.15) is 0 Å². The first-order valence-electron chi connectivity index (χ1n) is 5.39. The lowest BCUT2D eigenvalue weighted by Gasteiger charge is -2.46. The average Bonchev–Trinajstić information content (AvgIpc) is 2.80. The maximum Gasteiger partial charge on any atom is 0.355 e. The topological polar surface area (TPSA) is 56.7 Å². The number of thiazole rings is 1. The minimum atomic E-state index is -0.932. The molecule has 4 heterocycles. The van der Waals surface area contributed by atoms with Crippen molar-refractivity contribution < 1.29 is 9.90 Å². The summed E-state index contributed by atoms with van der Waals surface area (Å²) in [6.45, 7) is 5.41. The van der Waals surface area contributed by atoms with Crippen LogP contribution in [0.4, 0.5) is 0 Å². The minimum absolute atomic E-state index is 0.178. The number of carboxylic acid groups (broad SMARTS) is 1. The first-order chi connectivity index (χ1) is 7.74. The van der Waals surface area contributed by atoms with Crippen molar-refractivity contribution >= 4 is 17.3 Å². The number of piperazine rings is 3. The van der Waals surface area contributed by atoms with Crippen LogP contribution in [0.5, 0.6) is 0 Å². The monoisotopic (exact) mass is 239 g/mol. The highest BCUT2D eigenvalue weighted by Gasteiger charge is 2.34. The van der Waals surface area contributed by atoms with E-state index in [1.807, 2.05) is 0 Å². The Hall–Kier alpha value is -0.980. The van der Waals surface area contributed by atoms with Gasteiger partial charge in [0, 0.05) is 38.1 Å². The maximum absolute atomic E-state index is 10.8. The van der Waals surface area contributed by atoms with E-state index in [0.717, 1.165) is 37.7 Å². The summed E-state index contributed by atoms with van der Waals surface area (Å²) in [6, 6.07) is 0.306. The Balaban J connectivity index is 1.83. The number of hydrogen-bond acceptors (Lipinski definition) is 5. The SMILES string of the molecule is O=C(O)c1csc(C2CN3CCN2CC3)n1. The van der Waals surface area contributed by atoms with Crippen LogP contribution in [-0.2, 0) is 0 Å². The van der Waals surface area contributed by atoms with Gasteiger partial charge >= 0.3 is 5.97 Å². The van der Waals surface area contributed by atoms with Crippen molar-refractivity contribution in [3.05, 3.63) is 16.1 Å². The molecular weight excluding hydrogens is 226 g/mol. The van der Waals surface area contributed by atoms with Crippen LogP contribution < -0.4 is 0 Å². The number of carboxylic acids is 1. The normalized spacial score (nSPS) is 32.9. The van der Waals surface area contributed by atoms with E-state index in [2.05, 4.69) is 14.8 Å². The Bertz CT molecular complexity index is 412. The van der Waals surface area contributed by atoms with Crippen molar-refractivity contribution in [1.82, 2.24) is 14.8 Å². The third-order valence-corrected chi connectivity index (χ3v) is 4.25. The Morgan fingerprint density at radius 1 is 1.44 bits per heavy atom. The second-order valence-electron chi connectivity index (χ2n) is 4.23. The van der Waals surface area contributed by atoms with Gasteiger partial charge < -0.3 is 5.11 Å². The van der Waals surface area contributed by atoms with E-state index < -0.39 is 5.97 Å². The van der Waals surface area contributed by atoms with Crippen LogP contribution in [0.3, 0.4) is 0 Å². The summed E-state index contributed by atoms with van der Waals surface area (Å²) in [5.74, 6) is -0.932. The van der Waals surface area contributed by atoms with Gasteiger partial charge in [-0.3, -0.25) is 9.80 Å². The van der Waals surface area contributed by atoms with E-state index in [9.17, 15) is 4.79 Å². The Morgan fingerprint density at radius 3 is 2.69 bits per heavy atom. The van der Waals surface area contributed by atoms with E-state index in [1.165, 1.54) is 11.3 Å². The molecule has 3 aliphatic rings. The maximum atomic E-state index is 10.8. The van der Waals surface area contributed by atoms with Crippen molar-refractivity contribution in [3.63, 3.8) is 0 Å². The van der Waals surface area contributed by atoms with Gasteiger partial charge in [0.05, 0.1) is 6.04 Å². The van der Waals surface area contributed by atoms with Crippen molar-refractivity contribution in [1.29, 1.82) is 0 Å². The van der Waals surface area contributed by atoms with Crippen LogP contribution in [-0.4, -0.2) is 58.6 Å². The predicted molar refractivity (Wildman–Crippen MR) is 59.8 cm³/mol. The first-order valence-corrected chi connectivity index (χ1v) is 6.27. The van der Waals surface area contributed by atoms with Crippen molar-refractivity contribution in [2.24, 2.45) is 0 Å². The zero-order valence-corrected chi connectivity index (χ0v) is 9.61. The fraction of sp³-hybridized carbons (Fsp3) is 0.600. The number of carbonyl (C=O) groups is 1. The molecule has 1 aromatic heterocycles. The van der Waals surface area contributed by atoms with Crippen molar-refractivity contribution in [2.75, 3.05) is 32.7 Å². The van der Waals surface area contributed by atoms with Gasteiger partial charge in [0.1, 0.15) is 5.01 Å². The second-order valence-corrected chi connectivity index (χ2v) is 5.12. The number of fused-ring (bicyclic) bond motifs is 3. The Morgan fingerprint density at radius 2 is 2.19 bits per heavy atom. The number of hydrogen-bond donors (Lipinski definition) is 1. The molecule has 1 N–H and O–H groups in total. The molecule has 0 amide bonds. The van der Waals surface area contributed by atoms with Crippen LogP contribution >= 0.6 is 11.3 Å². The molecule has 0 spiro atoms. The predicted octanol–water partition coefficient (Wildman–Crippen LogP) is 0.514. The lowest BCUT2D eigenvalue weighted by Crippen LogP contribution is -2.56. The molecule has 1 unspecified atom stereocenters. The van der Waals surface area contributed by atoms with Crippen LogP contribution in [0.15, 0.2) is 5.38 Å². The third-order valence-electron chi connectivity index (χ3n) is 3.30. The molecule has 0 saturated carbocycles. The van der Waals surface area contributed by atoms with Gasteiger partial charge in [-0.25, -0.2) is 9.78 Å². The highest BCUT2D eigenvalue weighted by molar-refractivity contribution is 7.09. The summed E-state index contributed by atoms with van der Waals surface area (Å²) in [6.07, 6.45) is 0. The summed E-state index contributed by atoms with van der Waals surface area (Å²) in [5.41, 5.74) is 0.178. The van der Waals surface area contributed by atoms with Crippen LogP contribution in [0.1, 0.15) is 21.5 Å². The molecule has 0 aromatic carbocycles. The Labute approximate surface area is 97.3 Å². The molecule has 1 atom stereocenters. The van der Waals surface area contributed by atoms with E-state index in [4.69, 9.17) is 5.11 Å². The van der Waals surface area contributed by atoms with Crippen LogP contribution in [0, 0.1) is 0 Å². The van der Waals surface area contributed by atoms with Gasteiger partial charge in [-0.15, -0.1) is 11.3 Å². The molecule has 1 aromatic rings. The smallest absolute Gasteiger partial charge is 0.355 e. The van der Waals surface area contributed by atoms with Gasteiger partial charge in [0.2, 0.25) is 0 Å². The zero-order valence-electron chi connectivity index (χ0n) is 8.80. The van der Waals surface area contributed by atoms with E-state index in [0.29, 0.717) is 6.04 Å². The molecule has 86 valence electrons. The lowest BCUT2D eigenvalue weighted by molar-refractivity contribution is 0.0122. The van der Waals surface area contributed by atoms with Gasteiger partial charge in [0.15, 0.2) is 5.69 Å². The van der Waals surface area contributed by atoms with E-state index >= 15 is 0 Å². The second kappa shape index (κ2) is 3.80. The molecular formula is C10H13N3O2S. The molecule has 3 fully saturated rings. The van der Waals surface area contributed by atoms with E-state index in [-0.39, 0.29) is 5.69 Å². The molecule has 0 radical (unpaired) electrons. The molecule has 4 rings (SSSR count). The number of rotatable bonds is 2. The van der Waals surface area contributed by atoms with Gasteiger partial charge in [0.25, 0.3) is 0 Å². The zero-order chi connectivity index (χ0) is 11.1. The highest BCUT2D eigenvalue weighted by Crippen LogP contribution is 2.30. The van der Waals surface area contributed by atoms with Crippen molar-refractivity contribution in [3.8, 4) is 0 Å². The first kappa shape index (κ1) is 10.2. The largest absolute Gasteiger partial charge is 0.476 e. The van der Waals surface area contributed by atoms with Crippen LogP contribution in [0.25, 0.3) is 0 Å². The molecule has 0 aliphatic carbocycles. The minimum Gasteiger partial charge on any atom is -0.476 e. The molecule has 16 heavy (non-hydrogen) atoms. The molecule has 3 saturated heterocycles. The van der Waals surface area contributed by atoms with E-state index in [1.54, 1.807) is 5.38 Å². The van der Waals surface area contributed by atoms with Crippen molar-refractivity contribution in [2.45, 2.75) is 6.04 Å². The molecule has 3 aliphatic heterocycles.